The van der Waals surface area contributed by atoms with E-state index in [0.717, 1.165) is 46.7 Å². The molecule has 0 saturated heterocycles. The number of aliphatic hydroxyl groups is 1. The number of fused-ring (bicyclic) bond motifs is 1. The lowest BCUT2D eigenvalue weighted by molar-refractivity contribution is -0.192. The average molecular weight is 613 g/mol. The highest BCUT2D eigenvalue weighted by atomic mass is 19.4. The number of alkyl halides is 3. The van der Waals surface area contributed by atoms with Crippen molar-refractivity contribution in [3.8, 4) is 28.3 Å². The fourth-order valence-electron chi connectivity index (χ4n) is 4.46. The number of carboxylic acids is 2. The van der Waals surface area contributed by atoms with Gasteiger partial charge in [0.05, 0.1) is 5.56 Å². The maximum absolute atomic E-state index is 11.1. The van der Waals surface area contributed by atoms with Gasteiger partial charge < -0.3 is 34.7 Å². The van der Waals surface area contributed by atoms with E-state index in [1.165, 1.54) is 0 Å². The fourth-order valence-corrected chi connectivity index (χ4v) is 4.46. The number of aliphatic carboxylic acids is 1. The Morgan fingerprint density at radius 1 is 0.977 bits per heavy atom. The Kier molecular flexibility index (Phi) is 10.6. The highest BCUT2D eigenvalue weighted by molar-refractivity contribution is 5.88. The van der Waals surface area contributed by atoms with E-state index >= 15 is 0 Å². The van der Waals surface area contributed by atoms with Crippen molar-refractivity contribution in [2.45, 2.75) is 31.2 Å². The number of hydrogen-bond acceptors (Lipinski definition) is 6. The lowest BCUT2D eigenvalue weighted by Crippen LogP contribution is -2.39. The number of aromatic carboxylic acids is 1. The number of benzene rings is 3. The van der Waals surface area contributed by atoms with E-state index in [1.807, 2.05) is 77.6 Å². The summed E-state index contributed by atoms with van der Waals surface area (Å²) in [6.07, 6.45) is 0.0653. The first-order valence-electron chi connectivity index (χ1n) is 13.7. The monoisotopic (exact) mass is 612 g/mol. The molecule has 0 aliphatic carbocycles. The van der Waals surface area contributed by atoms with Crippen LogP contribution in [0.5, 0.6) is 11.5 Å². The van der Waals surface area contributed by atoms with Gasteiger partial charge in [-0.2, -0.15) is 13.2 Å². The molecule has 3 aromatic carbocycles. The summed E-state index contributed by atoms with van der Waals surface area (Å²) in [5, 5.41) is 29.8. The summed E-state index contributed by atoms with van der Waals surface area (Å²) in [5.41, 5.74) is 4.49. The van der Waals surface area contributed by atoms with Crippen molar-refractivity contribution in [1.29, 1.82) is 0 Å². The van der Waals surface area contributed by atoms with Crippen LogP contribution in [0.1, 0.15) is 22.3 Å². The van der Waals surface area contributed by atoms with Gasteiger partial charge in [0.15, 0.2) is 0 Å². The van der Waals surface area contributed by atoms with Gasteiger partial charge in [0.1, 0.15) is 30.3 Å². The SMILES string of the molecule is O=C(O)C(F)(F)F.O=C(O)c1ccc(-c2ccc3c(c2)CC[C@H](CNC[C@H](O)COc2ccc(-n4cccc4)cc2)O3)cc1. The summed E-state index contributed by atoms with van der Waals surface area (Å²) in [5.74, 6) is -2.09. The number of rotatable bonds is 10. The molecule has 1 aromatic heterocycles. The molecule has 2 heterocycles. The number of halogens is 3. The van der Waals surface area contributed by atoms with Crippen molar-refractivity contribution < 1.29 is 47.6 Å². The number of hydrogen-bond donors (Lipinski definition) is 4. The topological polar surface area (TPSA) is 130 Å². The van der Waals surface area contributed by atoms with E-state index in [9.17, 15) is 23.1 Å². The van der Waals surface area contributed by atoms with Crippen LogP contribution in [0.4, 0.5) is 13.2 Å². The van der Waals surface area contributed by atoms with Gasteiger partial charge in [-0.3, -0.25) is 0 Å². The zero-order valence-electron chi connectivity index (χ0n) is 23.4. The van der Waals surface area contributed by atoms with Crippen LogP contribution in [-0.2, 0) is 11.2 Å². The summed E-state index contributed by atoms with van der Waals surface area (Å²) in [7, 11) is 0. The Hall–Kier alpha value is -4.81. The zero-order chi connectivity index (χ0) is 31.7. The smallest absolute Gasteiger partial charge is 0.490 e. The van der Waals surface area contributed by atoms with Crippen molar-refractivity contribution >= 4 is 11.9 Å². The normalized spacial score (nSPS) is 14.8. The summed E-state index contributed by atoms with van der Waals surface area (Å²) in [6, 6.07) is 24.7. The van der Waals surface area contributed by atoms with Crippen LogP contribution >= 0.6 is 0 Å². The first-order chi connectivity index (χ1) is 21.0. The first kappa shape index (κ1) is 32.1. The predicted molar refractivity (Wildman–Crippen MR) is 155 cm³/mol. The minimum absolute atomic E-state index is 0.0301. The third-order valence-corrected chi connectivity index (χ3v) is 6.73. The molecule has 0 amide bonds. The molecule has 4 N–H and O–H groups in total. The van der Waals surface area contributed by atoms with E-state index in [2.05, 4.69) is 11.4 Å². The number of carboxylic acid groups (broad SMARTS) is 2. The lowest BCUT2D eigenvalue weighted by atomic mass is 9.96. The lowest BCUT2D eigenvalue weighted by Gasteiger charge is -2.27. The number of nitrogens with one attached hydrogen (secondary N) is 1. The van der Waals surface area contributed by atoms with Crippen LogP contribution in [0, 0.1) is 0 Å². The minimum atomic E-state index is -5.08. The number of carbonyl (C=O) groups is 2. The molecule has 1 aliphatic heterocycles. The van der Waals surface area contributed by atoms with Crippen LogP contribution in [0.15, 0.2) is 91.3 Å². The molecule has 0 fully saturated rings. The molecule has 0 unspecified atom stereocenters. The van der Waals surface area contributed by atoms with Crippen LogP contribution in [0.25, 0.3) is 16.8 Å². The molecule has 5 rings (SSSR count). The number of aromatic nitrogens is 1. The number of ether oxygens (including phenoxy) is 2. The molecule has 0 spiro atoms. The highest BCUT2D eigenvalue weighted by Crippen LogP contribution is 2.32. The van der Waals surface area contributed by atoms with Crippen LogP contribution in [-0.4, -0.2) is 69.9 Å². The minimum Gasteiger partial charge on any atom is -0.491 e. The Labute approximate surface area is 251 Å². The molecule has 4 aromatic rings. The summed E-state index contributed by atoms with van der Waals surface area (Å²) in [4.78, 5) is 20.0. The number of nitrogens with zero attached hydrogens (tertiary/aromatic N) is 1. The molecule has 0 saturated carbocycles. The Morgan fingerprint density at radius 2 is 1.61 bits per heavy atom. The van der Waals surface area contributed by atoms with Crippen molar-refractivity contribution in [1.82, 2.24) is 9.88 Å². The molecule has 9 nitrogen and oxygen atoms in total. The molecule has 232 valence electrons. The zero-order valence-corrected chi connectivity index (χ0v) is 23.4. The van der Waals surface area contributed by atoms with Gasteiger partial charge in [-0.25, -0.2) is 9.59 Å². The Balaban J connectivity index is 0.000000566. The van der Waals surface area contributed by atoms with Gasteiger partial charge in [-0.15, -0.1) is 0 Å². The van der Waals surface area contributed by atoms with Gasteiger partial charge in [0, 0.05) is 31.2 Å². The van der Waals surface area contributed by atoms with Crippen LogP contribution < -0.4 is 14.8 Å². The van der Waals surface area contributed by atoms with Crippen molar-refractivity contribution in [3.63, 3.8) is 0 Å². The summed E-state index contributed by atoms with van der Waals surface area (Å²) in [6.45, 7) is 1.26. The Morgan fingerprint density at radius 3 is 2.23 bits per heavy atom. The van der Waals surface area contributed by atoms with E-state index in [1.54, 1.807) is 12.1 Å². The molecular formula is C32H31F3N2O7. The van der Waals surface area contributed by atoms with Gasteiger partial charge in [0.25, 0.3) is 0 Å². The van der Waals surface area contributed by atoms with Crippen LogP contribution in [0.3, 0.4) is 0 Å². The van der Waals surface area contributed by atoms with E-state index in [-0.39, 0.29) is 18.3 Å². The average Bonchev–Trinajstić information content (AvgIpc) is 3.55. The van der Waals surface area contributed by atoms with Crippen LogP contribution in [0.2, 0.25) is 0 Å². The fraction of sp³-hybridized carbons (Fsp3) is 0.250. The quantitative estimate of drug-likeness (QED) is 0.192. The summed E-state index contributed by atoms with van der Waals surface area (Å²) >= 11 is 0. The molecular weight excluding hydrogens is 581 g/mol. The second-order valence-corrected chi connectivity index (χ2v) is 9.99. The molecule has 0 bridgehead atoms. The van der Waals surface area contributed by atoms with Crippen molar-refractivity contribution in [2.75, 3.05) is 19.7 Å². The molecule has 2 atom stereocenters. The first-order valence-corrected chi connectivity index (χ1v) is 13.7. The van der Waals surface area contributed by atoms with Crippen molar-refractivity contribution in [2.24, 2.45) is 0 Å². The molecule has 1 aliphatic rings. The maximum Gasteiger partial charge on any atom is 0.490 e. The van der Waals surface area contributed by atoms with E-state index in [4.69, 9.17) is 24.5 Å². The maximum atomic E-state index is 11.1. The van der Waals surface area contributed by atoms with Gasteiger partial charge >= 0.3 is 18.1 Å². The highest BCUT2D eigenvalue weighted by Gasteiger charge is 2.38. The van der Waals surface area contributed by atoms with Gasteiger partial charge in [0.2, 0.25) is 0 Å². The molecule has 12 heteroatoms. The second-order valence-electron chi connectivity index (χ2n) is 9.99. The van der Waals surface area contributed by atoms with Gasteiger partial charge in [-0.1, -0.05) is 18.2 Å². The second kappa shape index (κ2) is 14.6. The standard InChI is InChI=1S/C30H30N2O5.C2HF3O2/c33-26(20-36-27-12-9-25(10-13-27)32-15-1-2-16-32)18-31-19-28-11-7-24-17-23(8-14-29(24)37-28)21-3-5-22(6-4-21)30(34)35;3-2(4,5)1(6)7/h1-6,8-10,12-17,26,28,31,33H,7,11,18-20H2,(H,34,35);(H,6,7)/t26-,28+;/m0./s1. The van der Waals surface area contributed by atoms with Gasteiger partial charge in [-0.05, 0) is 90.2 Å². The Bertz CT molecular complexity index is 1520. The number of aryl methyl sites for hydroxylation is 1. The number of aliphatic hydroxyl groups excluding tert-OH is 1. The summed E-state index contributed by atoms with van der Waals surface area (Å²) < 4.78 is 45.7. The van der Waals surface area contributed by atoms with E-state index < -0.39 is 24.2 Å². The largest absolute Gasteiger partial charge is 0.491 e. The third kappa shape index (κ3) is 9.09. The van der Waals surface area contributed by atoms with E-state index in [0.29, 0.717) is 13.1 Å². The van der Waals surface area contributed by atoms with Crippen molar-refractivity contribution in [3.05, 3.63) is 102 Å². The predicted octanol–water partition coefficient (Wildman–Crippen LogP) is 5.20. The molecule has 0 radical (unpaired) electrons. The molecule has 44 heavy (non-hydrogen) atoms. The third-order valence-electron chi connectivity index (χ3n) is 6.73.